The largest absolute Gasteiger partial charge is 0.508 e. The Bertz CT molecular complexity index is 812. The van der Waals surface area contributed by atoms with Crippen molar-refractivity contribution < 1.29 is 39.0 Å². The van der Waals surface area contributed by atoms with Crippen LogP contribution in [0.5, 0.6) is 5.75 Å². The lowest BCUT2D eigenvalue weighted by Gasteiger charge is -2.22. The van der Waals surface area contributed by atoms with E-state index in [1.807, 2.05) is 0 Å². The molecule has 0 spiro atoms. The van der Waals surface area contributed by atoms with Crippen LogP contribution in [0.25, 0.3) is 0 Å². The fourth-order valence-electron chi connectivity index (χ4n) is 2.26. The molecule has 192 valence electrons. The zero-order valence-electron chi connectivity index (χ0n) is 20.4. The van der Waals surface area contributed by atoms with Gasteiger partial charge in [-0.25, -0.2) is 14.4 Å². The number of nitro groups is 1. The maximum atomic E-state index is 11.6. The topological polar surface area (TPSA) is 177 Å². The summed E-state index contributed by atoms with van der Waals surface area (Å²) in [7, 11) is 0. The molecule has 4 N–H and O–H groups in total. The molecule has 1 aromatic carbocycles. The summed E-state index contributed by atoms with van der Waals surface area (Å²) in [6, 6.07) is 4.02. The number of carboxylic acids is 1. The Morgan fingerprint density at radius 1 is 0.971 bits per heavy atom. The standard InChI is InChI=1S/C16H30N2O6.C6H5NO3/c1-15(2,3)23-13(21)17-10-8-7-9-11(12(19)20)18-14(22)24-16(4,5)6;8-6-3-1-5(2-4-6)7(9)10/h11H,7-10H2,1-6H3,(H,17,21)(H,18,22)(H,19,20);1-4,8H/t11-;/m0./s1. The lowest BCUT2D eigenvalue weighted by molar-refractivity contribution is -0.384. The van der Waals surface area contributed by atoms with Gasteiger partial charge in [-0.15, -0.1) is 0 Å². The molecular weight excluding hydrogens is 450 g/mol. The first-order valence-electron chi connectivity index (χ1n) is 10.6. The number of hydrogen-bond donors (Lipinski definition) is 4. The number of carbonyl (C=O) groups excluding carboxylic acids is 2. The van der Waals surface area contributed by atoms with Gasteiger partial charge in [0, 0.05) is 18.7 Å². The van der Waals surface area contributed by atoms with Crippen LogP contribution in [0.1, 0.15) is 60.8 Å². The molecule has 0 saturated heterocycles. The van der Waals surface area contributed by atoms with Crippen molar-refractivity contribution in [2.24, 2.45) is 0 Å². The number of non-ortho nitro benzene ring substituents is 1. The molecule has 2 amide bonds. The highest BCUT2D eigenvalue weighted by molar-refractivity contribution is 5.79. The summed E-state index contributed by atoms with van der Waals surface area (Å²) in [5, 5.41) is 32.8. The van der Waals surface area contributed by atoms with Gasteiger partial charge in [-0.05, 0) is 72.9 Å². The Kier molecular flexibility index (Phi) is 12.4. The predicted octanol–water partition coefficient (Wildman–Crippen LogP) is 3.96. The molecule has 0 fully saturated rings. The van der Waals surface area contributed by atoms with E-state index in [1.54, 1.807) is 41.5 Å². The third kappa shape index (κ3) is 16.1. The number of alkyl carbamates (subject to hydrolysis) is 2. The highest BCUT2D eigenvalue weighted by atomic mass is 16.6. The Labute approximate surface area is 198 Å². The second kappa shape index (κ2) is 13.9. The number of carbonyl (C=O) groups is 3. The number of carboxylic acid groups (broad SMARTS) is 1. The Morgan fingerprint density at radius 3 is 1.91 bits per heavy atom. The van der Waals surface area contributed by atoms with Gasteiger partial charge in [0.25, 0.3) is 5.69 Å². The molecule has 0 bridgehead atoms. The summed E-state index contributed by atoms with van der Waals surface area (Å²) < 4.78 is 10.1. The minimum Gasteiger partial charge on any atom is -0.508 e. The van der Waals surface area contributed by atoms with Crippen LogP contribution in [0.2, 0.25) is 0 Å². The SMILES string of the molecule is CC(C)(C)OC(=O)NCCCC[C@H](NC(=O)OC(C)(C)C)C(=O)O.O=[N+]([O-])c1ccc(O)cc1. The molecule has 12 heteroatoms. The van der Waals surface area contributed by atoms with E-state index in [2.05, 4.69) is 10.6 Å². The second-order valence-corrected chi connectivity index (χ2v) is 9.24. The number of ether oxygens (including phenoxy) is 2. The molecule has 0 aliphatic rings. The molecule has 0 saturated carbocycles. The van der Waals surface area contributed by atoms with Gasteiger partial charge in [0.2, 0.25) is 0 Å². The van der Waals surface area contributed by atoms with Crippen molar-refractivity contribution >= 4 is 23.8 Å². The number of nitrogens with zero attached hydrogens (tertiary/aromatic N) is 1. The molecule has 1 atom stereocenters. The Balaban J connectivity index is 0.000000896. The van der Waals surface area contributed by atoms with Gasteiger partial charge in [-0.2, -0.15) is 0 Å². The molecule has 1 rings (SSSR count). The van der Waals surface area contributed by atoms with E-state index in [4.69, 9.17) is 19.7 Å². The van der Waals surface area contributed by atoms with E-state index in [0.717, 1.165) is 0 Å². The number of aromatic hydroxyl groups is 1. The van der Waals surface area contributed by atoms with Gasteiger partial charge in [-0.1, -0.05) is 0 Å². The predicted molar refractivity (Wildman–Crippen MR) is 124 cm³/mol. The van der Waals surface area contributed by atoms with Gasteiger partial charge in [0.1, 0.15) is 23.0 Å². The van der Waals surface area contributed by atoms with Crippen molar-refractivity contribution in [2.75, 3.05) is 6.54 Å². The number of benzene rings is 1. The van der Waals surface area contributed by atoms with Gasteiger partial charge < -0.3 is 30.3 Å². The maximum absolute atomic E-state index is 11.6. The van der Waals surface area contributed by atoms with Gasteiger partial charge in [0.15, 0.2) is 0 Å². The third-order valence-corrected chi connectivity index (χ3v) is 3.64. The van der Waals surface area contributed by atoms with Crippen molar-refractivity contribution in [3.05, 3.63) is 34.4 Å². The number of nitro benzene ring substituents is 1. The van der Waals surface area contributed by atoms with Crippen LogP contribution < -0.4 is 10.6 Å². The molecule has 0 radical (unpaired) electrons. The summed E-state index contributed by atoms with van der Waals surface area (Å²) >= 11 is 0. The lowest BCUT2D eigenvalue weighted by Crippen LogP contribution is -2.43. The molecule has 1 aromatic rings. The maximum Gasteiger partial charge on any atom is 0.408 e. The van der Waals surface area contributed by atoms with Gasteiger partial charge >= 0.3 is 18.2 Å². The zero-order valence-corrected chi connectivity index (χ0v) is 20.4. The van der Waals surface area contributed by atoms with Crippen LogP contribution in [0.3, 0.4) is 0 Å². The Morgan fingerprint density at radius 2 is 1.47 bits per heavy atom. The first kappa shape index (κ1) is 30.4. The van der Waals surface area contributed by atoms with Crippen molar-refractivity contribution in [3.63, 3.8) is 0 Å². The van der Waals surface area contributed by atoms with Crippen LogP contribution in [0, 0.1) is 10.1 Å². The van der Waals surface area contributed by atoms with Crippen molar-refractivity contribution in [1.29, 1.82) is 0 Å². The van der Waals surface area contributed by atoms with Gasteiger partial charge in [-0.3, -0.25) is 10.1 Å². The first-order valence-corrected chi connectivity index (χ1v) is 10.6. The van der Waals surface area contributed by atoms with E-state index in [9.17, 15) is 24.5 Å². The molecule has 0 aromatic heterocycles. The Hall–Kier alpha value is -3.57. The van der Waals surface area contributed by atoms with Crippen LogP contribution in [0.4, 0.5) is 15.3 Å². The number of rotatable bonds is 8. The summed E-state index contributed by atoms with van der Waals surface area (Å²) in [6.45, 7) is 10.8. The van der Waals surface area contributed by atoms with Crippen LogP contribution >= 0.6 is 0 Å². The van der Waals surface area contributed by atoms with Crippen LogP contribution in [-0.4, -0.2) is 57.1 Å². The third-order valence-electron chi connectivity index (χ3n) is 3.64. The molecule has 0 aliphatic heterocycles. The molecule has 12 nitrogen and oxygen atoms in total. The highest BCUT2D eigenvalue weighted by Crippen LogP contribution is 2.15. The lowest BCUT2D eigenvalue weighted by atomic mass is 10.1. The van der Waals surface area contributed by atoms with Crippen molar-refractivity contribution in [3.8, 4) is 5.75 Å². The van der Waals surface area contributed by atoms with Crippen LogP contribution in [0.15, 0.2) is 24.3 Å². The van der Waals surface area contributed by atoms with E-state index in [1.165, 1.54) is 24.3 Å². The average molecular weight is 486 g/mol. The number of phenolic OH excluding ortho intramolecular Hbond substituents is 1. The molecule has 0 heterocycles. The zero-order chi connectivity index (χ0) is 26.5. The molecule has 0 aliphatic carbocycles. The summed E-state index contributed by atoms with van der Waals surface area (Å²) in [4.78, 5) is 43.7. The fourth-order valence-corrected chi connectivity index (χ4v) is 2.26. The quantitative estimate of drug-likeness (QED) is 0.241. The minimum atomic E-state index is -1.12. The van der Waals surface area contributed by atoms with E-state index >= 15 is 0 Å². The van der Waals surface area contributed by atoms with Crippen LogP contribution in [-0.2, 0) is 14.3 Å². The molecule has 0 unspecified atom stereocenters. The fraction of sp³-hybridized carbons (Fsp3) is 0.591. The number of aliphatic carboxylic acids is 1. The van der Waals surface area contributed by atoms with Crippen molar-refractivity contribution in [2.45, 2.75) is 78.0 Å². The number of unbranched alkanes of at least 4 members (excludes halogenated alkanes) is 1. The summed E-state index contributed by atoms with van der Waals surface area (Å²) in [5.41, 5.74) is -1.27. The number of hydrogen-bond acceptors (Lipinski definition) is 8. The second-order valence-electron chi connectivity index (χ2n) is 9.24. The summed E-state index contributed by atoms with van der Waals surface area (Å²) in [6.07, 6.45) is 0.0533. The smallest absolute Gasteiger partial charge is 0.408 e. The van der Waals surface area contributed by atoms with E-state index in [0.29, 0.717) is 19.4 Å². The van der Waals surface area contributed by atoms with E-state index < -0.39 is 40.3 Å². The summed E-state index contributed by atoms with van der Waals surface area (Å²) in [5.74, 6) is -1.09. The molecular formula is C22H35N3O9. The van der Waals surface area contributed by atoms with Gasteiger partial charge in [0.05, 0.1) is 4.92 Å². The average Bonchev–Trinajstić information content (AvgIpc) is 2.64. The number of amides is 2. The minimum absolute atomic E-state index is 0.0159. The normalized spacial score (nSPS) is 11.8. The number of phenols is 1. The highest BCUT2D eigenvalue weighted by Gasteiger charge is 2.23. The monoisotopic (exact) mass is 485 g/mol. The van der Waals surface area contributed by atoms with E-state index in [-0.39, 0.29) is 17.9 Å². The molecule has 34 heavy (non-hydrogen) atoms. The first-order chi connectivity index (χ1) is 15.5. The van der Waals surface area contributed by atoms with Crippen molar-refractivity contribution in [1.82, 2.24) is 10.6 Å². The number of nitrogens with one attached hydrogen (secondary N) is 2.